The molecular formula is C20H15BrFNO. The average Bonchev–Trinajstić information content (AvgIpc) is 2.61. The fourth-order valence-electron chi connectivity index (χ4n) is 2.51. The lowest BCUT2D eigenvalue weighted by molar-refractivity contribution is 0.0939. The lowest BCUT2D eigenvalue weighted by atomic mass is 9.98. The molecule has 2 nitrogen and oxygen atoms in total. The van der Waals surface area contributed by atoms with Gasteiger partial charge >= 0.3 is 0 Å². The largest absolute Gasteiger partial charge is 0.341 e. The molecule has 1 amide bonds. The van der Waals surface area contributed by atoms with E-state index in [1.165, 1.54) is 12.1 Å². The van der Waals surface area contributed by atoms with E-state index in [0.29, 0.717) is 0 Å². The van der Waals surface area contributed by atoms with E-state index in [1.54, 1.807) is 12.1 Å². The van der Waals surface area contributed by atoms with E-state index in [0.717, 1.165) is 15.6 Å². The Hall–Kier alpha value is -2.46. The van der Waals surface area contributed by atoms with Gasteiger partial charge in [0.1, 0.15) is 5.82 Å². The van der Waals surface area contributed by atoms with Crippen LogP contribution < -0.4 is 5.32 Å². The fourth-order valence-corrected chi connectivity index (χ4v) is 2.78. The van der Waals surface area contributed by atoms with Gasteiger partial charge in [-0.2, -0.15) is 0 Å². The van der Waals surface area contributed by atoms with Crippen LogP contribution in [-0.2, 0) is 0 Å². The molecule has 3 aromatic rings. The van der Waals surface area contributed by atoms with Crippen LogP contribution in [0.4, 0.5) is 4.39 Å². The molecule has 1 atom stereocenters. The van der Waals surface area contributed by atoms with Crippen LogP contribution in [0.1, 0.15) is 27.5 Å². The molecule has 1 unspecified atom stereocenters. The Balaban J connectivity index is 1.95. The van der Waals surface area contributed by atoms with Crippen molar-refractivity contribution in [2.75, 3.05) is 0 Å². The number of benzene rings is 3. The summed E-state index contributed by atoms with van der Waals surface area (Å²) in [6, 6.07) is 22.9. The molecule has 0 aliphatic rings. The van der Waals surface area contributed by atoms with Crippen LogP contribution in [0.25, 0.3) is 0 Å². The van der Waals surface area contributed by atoms with Gasteiger partial charge < -0.3 is 5.32 Å². The molecule has 1 N–H and O–H groups in total. The van der Waals surface area contributed by atoms with E-state index in [9.17, 15) is 9.18 Å². The van der Waals surface area contributed by atoms with Crippen LogP contribution in [0.5, 0.6) is 0 Å². The number of carbonyl (C=O) groups excluding carboxylic acids is 1. The zero-order valence-electron chi connectivity index (χ0n) is 12.7. The normalized spacial score (nSPS) is 11.8. The maximum Gasteiger partial charge on any atom is 0.255 e. The molecule has 24 heavy (non-hydrogen) atoms. The Bertz CT molecular complexity index is 834. The van der Waals surface area contributed by atoms with Gasteiger partial charge in [0.05, 0.1) is 11.6 Å². The summed E-state index contributed by atoms with van der Waals surface area (Å²) in [6.07, 6.45) is 0. The van der Waals surface area contributed by atoms with E-state index >= 15 is 0 Å². The number of hydrogen-bond acceptors (Lipinski definition) is 1. The quantitative estimate of drug-likeness (QED) is 0.666. The summed E-state index contributed by atoms with van der Waals surface area (Å²) < 4.78 is 14.8. The van der Waals surface area contributed by atoms with E-state index < -0.39 is 11.7 Å². The third kappa shape index (κ3) is 3.71. The monoisotopic (exact) mass is 383 g/mol. The average molecular weight is 384 g/mol. The van der Waals surface area contributed by atoms with Gasteiger partial charge in [-0.1, -0.05) is 70.5 Å². The van der Waals surface area contributed by atoms with Crippen LogP contribution in [0.2, 0.25) is 0 Å². The minimum absolute atomic E-state index is 0.0375. The van der Waals surface area contributed by atoms with E-state index in [-0.39, 0.29) is 11.6 Å². The standard InChI is InChI=1S/C20H15BrFNO/c21-16-12-10-15(11-13-16)19(14-6-2-1-3-7-14)23-20(24)17-8-4-5-9-18(17)22/h1-13,19H,(H,23,24). The SMILES string of the molecule is O=C(NC(c1ccccc1)c1ccc(Br)cc1)c1ccccc1F. The maximum atomic E-state index is 13.9. The van der Waals surface area contributed by atoms with E-state index in [1.807, 2.05) is 54.6 Å². The topological polar surface area (TPSA) is 29.1 Å². The van der Waals surface area contributed by atoms with Gasteiger partial charge in [-0.3, -0.25) is 4.79 Å². The summed E-state index contributed by atoms with van der Waals surface area (Å²) in [5, 5.41) is 2.93. The highest BCUT2D eigenvalue weighted by molar-refractivity contribution is 9.10. The molecule has 3 rings (SSSR count). The van der Waals surface area contributed by atoms with Crippen LogP contribution in [0.3, 0.4) is 0 Å². The second kappa shape index (κ2) is 7.41. The van der Waals surface area contributed by atoms with Gasteiger partial charge in [-0.05, 0) is 35.4 Å². The van der Waals surface area contributed by atoms with Crippen LogP contribution in [0.15, 0.2) is 83.3 Å². The summed E-state index contributed by atoms with van der Waals surface area (Å²) >= 11 is 3.41. The summed E-state index contributed by atoms with van der Waals surface area (Å²) in [5.74, 6) is -0.970. The van der Waals surface area contributed by atoms with Gasteiger partial charge in [0.2, 0.25) is 0 Å². The predicted octanol–water partition coefficient (Wildman–Crippen LogP) is 5.11. The van der Waals surface area contributed by atoms with E-state index in [2.05, 4.69) is 21.2 Å². The zero-order chi connectivity index (χ0) is 16.9. The van der Waals surface area contributed by atoms with Gasteiger partial charge in [0.25, 0.3) is 5.91 Å². The minimum Gasteiger partial charge on any atom is -0.341 e. The molecule has 0 fully saturated rings. The number of rotatable bonds is 4. The maximum absolute atomic E-state index is 13.9. The van der Waals surface area contributed by atoms with Gasteiger partial charge in [0.15, 0.2) is 0 Å². The van der Waals surface area contributed by atoms with Crippen LogP contribution in [-0.4, -0.2) is 5.91 Å². The van der Waals surface area contributed by atoms with Crippen molar-refractivity contribution in [2.45, 2.75) is 6.04 Å². The van der Waals surface area contributed by atoms with Crippen LogP contribution in [0, 0.1) is 5.82 Å². The van der Waals surface area contributed by atoms with Crippen molar-refractivity contribution in [2.24, 2.45) is 0 Å². The van der Waals surface area contributed by atoms with Gasteiger partial charge in [-0.25, -0.2) is 4.39 Å². The Kier molecular flexibility index (Phi) is 5.06. The first-order valence-corrected chi connectivity index (χ1v) is 8.30. The van der Waals surface area contributed by atoms with Crippen molar-refractivity contribution in [1.82, 2.24) is 5.32 Å². The molecule has 0 bridgehead atoms. The highest BCUT2D eigenvalue weighted by atomic mass is 79.9. The first-order valence-electron chi connectivity index (χ1n) is 7.51. The second-order valence-corrected chi connectivity index (χ2v) is 6.26. The molecule has 0 aliphatic carbocycles. The molecule has 0 aliphatic heterocycles. The van der Waals surface area contributed by atoms with Crippen molar-refractivity contribution < 1.29 is 9.18 Å². The third-order valence-electron chi connectivity index (χ3n) is 3.73. The third-order valence-corrected chi connectivity index (χ3v) is 4.26. The summed E-state index contributed by atoms with van der Waals surface area (Å²) in [7, 11) is 0. The Labute approximate surface area is 148 Å². The molecule has 4 heteroatoms. The number of carbonyl (C=O) groups is 1. The lowest BCUT2D eigenvalue weighted by Crippen LogP contribution is -2.30. The number of halogens is 2. The molecule has 120 valence electrons. The molecular weight excluding hydrogens is 369 g/mol. The highest BCUT2D eigenvalue weighted by Crippen LogP contribution is 2.24. The molecule has 0 spiro atoms. The van der Waals surface area contributed by atoms with Crippen molar-refractivity contribution in [3.63, 3.8) is 0 Å². The Morgan fingerprint density at radius 3 is 2.08 bits per heavy atom. The first-order chi connectivity index (χ1) is 11.6. The number of amides is 1. The number of hydrogen-bond donors (Lipinski definition) is 1. The Morgan fingerprint density at radius 2 is 1.42 bits per heavy atom. The highest BCUT2D eigenvalue weighted by Gasteiger charge is 2.19. The van der Waals surface area contributed by atoms with Gasteiger partial charge in [0, 0.05) is 4.47 Å². The summed E-state index contributed by atoms with van der Waals surface area (Å²) in [6.45, 7) is 0. The second-order valence-electron chi connectivity index (χ2n) is 5.35. The first kappa shape index (κ1) is 16.4. The summed E-state index contributed by atoms with van der Waals surface area (Å²) in [4.78, 5) is 12.5. The van der Waals surface area contributed by atoms with Crippen molar-refractivity contribution in [1.29, 1.82) is 0 Å². The molecule has 0 heterocycles. The van der Waals surface area contributed by atoms with Crippen molar-refractivity contribution in [3.8, 4) is 0 Å². The predicted molar refractivity (Wildman–Crippen MR) is 96.3 cm³/mol. The van der Waals surface area contributed by atoms with E-state index in [4.69, 9.17) is 0 Å². The van der Waals surface area contributed by atoms with Crippen LogP contribution >= 0.6 is 15.9 Å². The summed E-state index contributed by atoms with van der Waals surface area (Å²) in [5.41, 5.74) is 1.90. The Morgan fingerprint density at radius 1 is 0.833 bits per heavy atom. The lowest BCUT2D eigenvalue weighted by Gasteiger charge is -2.20. The van der Waals surface area contributed by atoms with Gasteiger partial charge in [-0.15, -0.1) is 0 Å². The fraction of sp³-hybridized carbons (Fsp3) is 0.0500. The molecule has 0 aromatic heterocycles. The number of nitrogens with one attached hydrogen (secondary N) is 1. The van der Waals surface area contributed by atoms with Crippen molar-refractivity contribution in [3.05, 3.63) is 106 Å². The smallest absolute Gasteiger partial charge is 0.255 e. The molecule has 0 saturated carbocycles. The van der Waals surface area contributed by atoms with Crippen molar-refractivity contribution >= 4 is 21.8 Å². The minimum atomic E-state index is -0.530. The zero-order valence-corrected chi connectivity index (χ0v) is 14.3. The molecule has 3 aromatic carbocycles. The molecule has 0 radical (unpaired) electrons. The molecule has 0 saturated heterocycles.